The first kappa shape index (κ1) is 16.9. The van der Waals surface area contributed by atoms with E-state index in [1.807, 2.05) is 32.0 Å². The highest BCUT2D eigenvalue weighted by Crippen LogP contribution is 2.43. The number of anilines is 1. The topological polar surface area (TPSA) is 68.0 Å². The quantitative estimate of drug-likeness (QED) is 0.820. The van der Waals surface area contributed by atoms with E-state index in [9.17, 15) is 4.79 Å². The predicted molar refractivity (Wildman–Crippen MR) is 95.4 cm³/mol. The van der Waals surface area contributed by atoms with Gasteiger partial charge in [0, 0.05) is 12.6 Å². The third-order valence-corrected chi connectivity index (χ3v) is 5.02. The molecule has 26 heavy (non-hydrogen) atoms. The highest BCUT2D eigenvalue weighted by molar-refractivity contribution is 5.99. The van der Waals surface area contributed by atoms with Crippen molar-refractivity contribution in [3.05, 3.63) is 35.6 Å². The van der Waals surface area contributed by atoms with E-state index >= 15 is 0 Å². The maximum absolute atomic E-state index is 13.1. The van der Waals surface area contributed by atoms with Crippen molar-refractivity contribution in [1.82, 2.24) is 10.1 Å². The second-order valence-electron chi connectivity index (χ2n) is 6.62. The van der Waals surface area contributed by atoms with Gasteiger partial charge in [0.25, 0.3) is 0 Å². The summed E-state index contributed by atoms with van der Waals surface area (Å²) in [5, 5.41) is 4.09. The van der Waals surface area contributed by atoms with Gasteiger partial charge in [0.05, 0.1) is 19.8 Å². The van der Waals surface area contributed by atoms with Gasteiger partial charge < -0.3 is 14.0 Å². The summed E-state index contributed by atoms with van der Waals surface area (Å²) in [4.78, 5) is 17.0. The van der Waals surface area contributed by atoms with Crippen molar-refractivity contribution in [1.29, 1.82) is 0 Å². The summed E-state index contributed by atoms with van der Waals surface area (Å²) in [6.45, 7) is 5.21. The monoisotopic (exact) mass is 357 g/mol. The second kappa shape index (κ2) is 6.64. The number of fused-ring (bicyclic) bond motifs is 1. The molecule has 1 aromatic heterocycles. The van der Waals surface area contributed by atoms with Crippen molar-refractivity contribution in [3.8, 4) is 11.5 Å². The Kier molecular flexibility index (Phi) is 4.32. The van der Waals surface area contributed by atoms with E-state index in [0.29, 0.717) is 29.7 Å². The van der Waals surface area contributed by atoms with E-state index in [-0.39, 0.29) is 18.1 Å². The Labute approximate surface area is 152 Å². The summed E-state index contributed by atoms with van der Waals surface area (Å²) < 4.78 is 16.3. The van der Waals surface area contributed by atoms with Crippen LogP contribution in [0.2, 0.25) is 0 Å². The van der Waals surface area contributed by atoms with E-state index in [0.717, 1.165) is 24.9 Å². The largest absolute Gasteiger partial charge is 0.493 e. The average molecular weight is 357 g/mol. The number of methoxy groups -OCH3 is 1. The molecule has 7 heteroatoms. The van der Waals surface area contributed by atoms with Crippen LogP contribution in [0, 0.1) is 6.92 Å². The Morgan fingerprint density at radius 3 is 2.85 bits per heavy atom. The SMILES string of the molecule is CCOc1ccc([C@H]2N(c3cc(C)on3)C(=O)[C@@H]3CCCN32)cc1OC. The Hall–Kier alpha value is -2.54. The average Bonchev–Trinajstić information content (AvgIpc) is 3.33. The molecule has 2 atom stereocenters. The lowest BCUT2D eigenvalue weighted by Gasteiger charge is -2.28. The number of nitrogens with zero attached hydrogens (tertiary/aromatic N) is 3. The molecule has 0 unspecified atom stereocenters. The minimum absolute atomic E-state index is 0.0775. The lowest BCUT2D eigenvalue weighted by Crippen LogP contribution is -2.32. The minimum Gasteiger partial charge on any atom is -0.493 e. The Morgan fingerprint density at radius 1 is 1.31 bits per heavy atom. The Balaban J connectivity index is 1.77. The highest BCUT2D eigenvalue weighted by atomic mass is 16.5. The number of carbonyl (C=O) groups is 1. The van der Waals surface area contributed by atoms with Crippen LogP contribution in [0.3, 0.4) is 0 Å². The Morgan fingerprint density at radius 2 is 2.15 bits per heavy atom. The van der Waals surface area contributed by atoms with Gasteiger partial charge in [-0.05, 0) is 44.4 Å². The standard InChI is InChI=1S/C19H23N3O4/c1-4-25-15-8-7-13(11-16(15)24-3)18-21-9-5-6-14(21)19(23)22(18)17-10-12(2)26-20-17/h7-8,10-11,14,18H,4-6,9H2,1-3H3/t14-,18+/m0/s1. The summed E-state index contributed by atoms with van der Waals surface area (Å²) >= 11 is 0. The van der Waals surface area contributed by atoms with Crippen LogP contribution in [0.5, 0.6) is 11.5 Å². The summed E-state index contributed by atoms with van der Waals surface area (Å²) in [6.07, 6.45) is 1.67. The fourth-order valence-electron chi connectivity index (χ4n) is 3.94. The molecule has 1 amide bonds. The van der Waals surface area contributed by atoms with Crippen molar-refractivity contribution < 1.29 is 18.8 Å². The van der Waals surface area contributed by atoms with Crippen LogP contribution in [0.1, 0.15) is 37.3 Å². The molecule has 2 saturated heterocycles. The molecule has 2 aliphatic heterocycles. The van der Waals surface area contributed by atoms with Gasteiger partial charge in [0.2, 0.25) is 5.91 Å². The number of amides is 1. The number of aromatic nitrogens is 1. The molecular weight excluding hydrogens is 334 g/mol. The lowest BCUT2D eigenvalue weighted by atomic mass is 10.1. The first-order valence-electron chi connectivity index (χ1n) is 8.97. The van der Waals surface area contributed by atoms with Crippen LogP contribution < -0.4 is 14.4 Å². The van der Waals surface area contributed by atoms with Crippen LogP contribution in [-0.2, 0) is 4.79 Å². The molecule has 2 fully saturated rings. The van der Waals surface area contributed by atoms with Crippen molar-refractivity contribution in [2.45, 2.75) is 38.9 Å². The number of rotatable bonds is 5. The molecule has 1 aromatic carbocycles. The molecule has 0 saturated carbocycles. The van der Waals surface area contributed by atoms with E-state index in [2.05, 4.69) is 10.1 Å². The number of aryl methyl sites for hydroxylation is 1. The summed E-state index contributed by atoms with van der Waals surface area (Å²) in [5.41, 5.74) is 0.976. The third-order valence-electron chi connectivity index (χ3n) is 5.02. The maximum Gasteiger partial charge on any atom is 0.247 e. The summed E-state index contributed by atoms with van der Waals surface area (Å²) in [6, 6.07) is 7.54. The van der Waals surface area contributed by atoms with Crippen molar-refractivity contribution in [2.75, 3.05) is 25.2 Å². The zero-order valence-electron chi connectivity index (χ0n) is 15.3. The smallest absolute Gasteiger partial charge is 0.247 e. The van der Waals surface area contributed by atoms with Crippen LogP contribution in [0.15, 0.2) is 28.8 Å². The molecule has 138 valence electrons. The number of carbonyl (C=O) groups excluding carboxylic acids is 1. The van der Waals surface area contributed by atoms with Gasteiger partial charge >= 0.3 is 0 Å². The summed E-state index contributed by atoms with van der Waals surface area (Å²) in [7, 11) is 1.62. The number of hydrogen-bond acceptors (Lipinski definition) is 6. The zero-order chi connectivity index (χ0) is 18.3. The van der Waals surface area contributed by atoms with Crippen LogP contribution in [0.25, 0.3) is 0 Å². The van der Waals surface area contributed by atoms with E-state index in [1.54, 1.807) is 18.1 Å². The van der Waals surface area contributed by atoms with Gasteiger partial charge in [-0.1, -0.05) is 11.2 Å². The predicted octanol–water partition coefficient (Wildman–Crippen LogP) is 2.90. The normalized spacial score (nSPS) is 22.7. The lowest BCUT2D eigenvalue weighted by molar-refractivity contribution is -0.119. The minimum atomic E-state index is -0.218. The zero-order valence-corrected chi connectivity index (χ0v) is 15.3. The van der Waals surface area contributed by atoms with Crippen LogP contribution >= 0.6 is 0 Å². The fraction of sp³-hybridized carbons (Fsp3) is 0.474. The maximum atomic E-state index is 13.1. The van der Waals surface area contributed by atoms with E-state index in [1.165, 1.54) is 0 Å². The van der Waals surface area contributed by atoms with Gasteiger partial charge in [-0.3, -0.25) is 14.6 Å². The number of benzene rings is 1. The molecule has 0 aliphatic carbocycles. The van der Waals surface area contributed by atoms with Crippen LogP contribution in [-0.4, -0.2) is 42.3 Å². The van der Waals surface area contributed by atoms with Gasteiger partial charge in [-0.25, -0.2) is 0 Å². The third kappa shape index (κ3) is 2.63. The van der Waals surface area contributed by atoms with Gasteiger partial charge in [0.1, 0.15) is 11.9 Å². The molecule has 2 aromatic rings. The molecule has 0 spiro atoms. The second-order valence-corrected chi connectivity index (χ2v) is 6.62. The highest BCUT2D eigenvalue weighted by Gasteiger charge is 2.50. The molecule has 3 heterocycles. The Bertz CT molecular complexity index is 819. The van der Waals surface area contributed by atoms with E-state index < -0.39 is 0 Å². The van der Waals surface area contributed by atoms with Gasteiger partial charge in [-0.15, -0.1) is 0 Å². The van der Waals surface area contributed by atoms with Crippen molar-refractivity contribution in [2.24, 2.45) is 0 Å². The van der Waals surface area contributed by atoms with Gasteiger partial charge in [-0.2, -0.15) is 0 Å². The fourth-order valence-corrected chi connectivity index (χ4v) is 3.94. The molecule has 2 aliphatic rings. The van der Waals surface area contributed by atoms with Crippen molar-refractivity contribution in [3.63, 3.8) is 0 Å². The summed E-state index contributed by atoms with van der Waals surface area (Å²) in [5.74, 6) is 2.68. The first-order valence-corrected chi connectivity index (χ1v) is 8.97. The van der Waals surface area contributed by atoms with Crippen molar-refractivity contribution >= 4 is 11.7 Å². The molecular formula is C19H23N3O4. The van der Waals surface area contributed by atoms with Crippen LogP contribution in [0.4, 0.5) is 5.82 Å². The molecule has 0 N–H and O–H groups in total. The first-order chi connectivity index (χ1) is 12.6. The molecule has 7 nitrogen and oxygen atoms in total. The molecule has 4 rings (SSSR count). The van der Waals surface area contributed by atoms with Gasteiger partial charge in [0.15, 0.2) is 17.3 Å². The molecule has 0 radical (unpaired) electrons. The van der Waals surface area contributed by atoms with E-state index in [4.69, 9.17) is 14.0 Å². The number of hydrogen-bond donors (Lipinski definition) is 0. The molecule has 0 bridgehead atoms. The number of ether oxygens (including phenoxy) is 2.